The van der Waals surface area contributed by atoms with E-state index in [9.17, 15) is 14.4 Å². The Morgan fingerprint density at radius 3 is 2.70 bits per heavy atom. The Morgan fingerprint density at radius 2 is 1.91 bits per heavy atom. The van der Waals surface area contributed by atoms with E-state index < -0.39 is 6.04 Å². The number of nitrogens with one attached hydrogen (secondary N) is 1. The molecule has 2 aliphatic carbocycles. The van der Waals surface area contributed by atoms with Gasteiger partial charge in [0.25, 0.3) is 0 Å². The number of anilines is 1. The summed E-state index contributed by atoms with van der Waals surface area (Å²) in [5.74, 6) is 0.614. The zero-order valence-corrected chi connectivity index (χ0v) is 26.2. The van der Waals surface area contributed by atoms with Gasteiger partial charge in [-0.3, -0.25) is 19.1 Å². The number of carbonyl (C=O) groups is 3. The van der Waals surface area contributed by atoms with Crippen LogP contribution in [0.2, 0.25) is 0 Å². The van der Waals surface area contributed by atoms with Gasteiger partial charge < -0.3 is 10.2 Å². The number of halogens is 1. The average molecular weight is 643 g/mol. The predicted octanol–water partition coefficient (Wildman–Crippen LogP) is 4.98. The van der Waals surface area contributed by atoms with Gasteiger partial charge >= 0.3 is 0 Å². The molecular formula is C32H32BrN7O3. The molecule has 1 N–H and O–H groups in total. The summed E-state index contributed by atoms with van der Waals surface area (Å²) in [6.07, 6.45) is 5.95. The zero-order valence-electron chi connectivity index (χ0n) is 24.6. The number of rotatable bonds is 5. The fraction of sp³-hybridized carbons (Fsp3) is 0.406. The Hall–Kier alpha value is -3.99. The van der Waals surface area contributed by atoms with Crippen molar-refractivity contribution in [3.63, 3.8) is 0 Å². The highest BCUT2D eigenvalue weighted by molar-refractivity contribution is 9.10. The Kier molecular flexibility index (Phi) is 6.50. The van der Waals surface area contributed by atoms with Crippen LogP contribution in [0.4, 0.5) is 5.82 Å². The van der Waals surface area contributed by atoms with Crippen LogP contribution in [0, 0.1) is 19.3 Å². The number of hydrogen-bond donors (Lipinski definition) is 1. The molecular weight excluding hydrogens is 610 g/mol. The van der Waals surface area contributed by atoms with Crippen molar-refractivity contribution in [2.45, 2.75) is 78.4 Å². The lowest BCUT2D eigenvalue weighted by Crippen LogP contribution is -2.47. The number of aromatic nitrogens is 5. The maximum absolute atomic E-state index is 14.0. The number of likely N-dealkylation sites (tertiary alicyclic amines) is 1. The van der Waals surface area contributed by atoms with Crippen LogP contribution >= 0.6 is 15.9 Å². The monoisotopic (exact) mass is 641 g/mol. The number of ketones is 1. The molecule has 0 bridgehead atoms. The molecule has 0 spiro atoms. The molecule has 10 nitrogen and oxygen atoms in total. The predicted molar refractivity (Wildman–Crippen MR) is 165 cm³/mol. The van der Waals surface area contributed by atoms with Gasteiger partial charge in [-0.05, 0) is 102 Å². The van der Waals surface area contributed by atoms with Gasteiger partial charge in [-0.2, -0.15) is 5.10 Å². The molecule has 1 aliphatic heterocycles. The van der Waals surface area contributed by atoms with Crippen LogP contribution in [0.15, 0.2) is 35.1 Å². The van der Waals surface area contributed by atoms with Crippen LogP contribution in [-0.2, 0) is 29.0 Å². The van der Waals surface area contributed by atoms with E-state index in [0.29, 0.717) is 27.9 Å². The minimum absolute atomic E-state index is 0.00218. The van der Waals surface area contributed by atoms with Crippen molar-refractivity contribution in [1.29, 1.82) is 0 Å². The molecule has 0 unspecified atom stereocenters. The third-order valence-electron chi connectivity index (χ3n) is 9.26. The standard InChI is InChI=1S/C32H32BrN7O3/c1-16-8-9-27(33)36-30(16)37-31(43)25-12-32(4)13-26(32)40(25)28(42)15-39-24-10-19-6-5-7-23-22(14-34-18(3)35-23)20(19)11-21(24)29(38-39)17(2)41/h8-11,14,25-26H,5-7,12-13,15H2,1-4H3,(H,36,37,43)/t25-,26+,32-/m0/s1. The second-order valence-electron chi connectivity index (χ2n) is 12.4. The zero-order chi connectivity index (χ0) is 30.2. The Morgan fingerprint density at radius 1 is 1.09 bits per heavy atom. The summed E-state index contributed by atoms with van der Waals surface area (Å²) < 4.78 is 2.26. The number of aryl methyl sites for hydroxylation is 4. The summed E-state index contributed by atoms with van der Waals surface area (Å²) in [5, 5.41) is 8.31. The second-order valence-corrected chi connectivity index (χ2v) is 13.2. The normalized spacial score (nSPS) is 22.0. The van der Waals surface area contributed by atoms with E-state index in [0.717, 1.165) is 65.0 Å². The third kappa shape index (κ3) is 4.74. The minimum atomic E-state index is -0.609. The van der Waals surface area contributed by atoms with Crippen LogP contribution < -0.4 is 5.32 Å². The van der Waals surface area contributed by atoms with Crippen LogP contribution in [0.25, 0.3) is 22.0 Å². The van der Waals surface area contributed by atoms with E-state index in [1.165, 1.54) is 6.92 Å². The molecule has 1 saturated carbocycles. The summed E-state index contributed by atoms with van der Waals surface area (Å²) in [7, 11) is 0. The smallest absolute Gasteiger partial charge is 0.248 e. The number of hydrogen-bond acceptors (Lipinski definition) is 7. The topological polar surface area (TPSA) is 123 Å². The SMILES string of the molecule is CC(=O)c1nn(CC(=O)N2[C@H](C(=O)Nc3nc(Br)ccc3C)C[C@@]3(C)C[C@@H]23)c2cc3c(cc12)-c1cnc(C)nc1CCC3. The van der Waals surface area contributed by atoms with Crippen molar-refractivity contribution >= 4 is 50.2 Å². The fourth-order valence-corrected chi connectivity index (χ4v) is 7.19. The van der Waals surface area contributed by atoms with E-state index >= 15 is 0 Å². The van der Waals surface area contributed by atoms with Crippen molar-refractivity contribution in [3.8, 4) is 11.1 Å². The first-order chi connectivity index (χ1) is 20.5. The van der Waals surface area contributed by atoms with Gasteiger partial charge in [0, 0.05) is 30.1 Å². The van der Waals surface area contributed by atoms with Gasteiger partial charge in [0.15, 0.2) is 5.78 Å². The van der Waals surface area contributed by atoms with Crippen molar-refractivity contribution in [1.82, 2.24) is 29.6 Å². The minimum Gasteiger partial charge on any atom is -0.325 e. The van der Waals surface area contributed by atoms with E-state index in [-0.39, 0.29) is 35.6 Å². The van der Waals surface area contributed by atoms with Crippen LogP contribution in [0.3, 0.4) is 0 Å². The number of pyridine rings is 1. The quantitative estimate of drug-likeness (QED) is 0.241. The molecule has 1 saturated heterocycles. The van der Waals surface area contributed by atoms with Crippen molar-refractivity contribution in [2.24, 2.45) is 5.41 Å². The number of nitrogens with zero attached hydrogens (tertiary/aromatic N) is 6. The summed E-state index contributed by atoms with van der Waals surface area (Å²) in [4.78, 5) is 55.6. The Labute approximate surface area is 257 Å². The maximum atomic E-state index is 14.0. The van der Waals surface area contributed by atoms with Gasteiger partial charge in [-0.25, -0.2) is 15.0 Å². The van der Waals surface area contributed by atoms with Crippen LogP contribution in [0.1, 0.15) is 66.2 Å². The molecule has 3 aromatic heterocycles. The first-order valence-corrected chi connectivity index (χ1v) is 15.4. The Bertz CT molecular complexity index is 1870. The number of fused-ring (bicyclic) bond motifs is 5. The molecule has 0 radical (unpaired) electrons. The molecule has 4 aromatic rings. The highest BCUT2D eigenvalue weighted by Crippen LogP contribution is 2.59. The number of amides is 2. The lowest BCUT2D eigenvalue weighted by Gasteiger charge is -2.27. The lowest BCUT2D eigenvalue weighted by molar-refractivity contribution is -0.138. The lowest BCUT2D eigenvalue weighted by atomic mass is 9.97. The molecule has 220 valence electrons. The molecule has 7 rings (SSSR count). The average Bonchev–Trinajstić information content (AvgIpc) is 3.41. The molecule has 3 aliphatic rings. The van der Waals surface area contributed by atoms with Crippen molar-refractivity contribution < 1.29 is 14.4 Å². The molecule has 43 heavy (non-hydrogen) atoms. The molecule has 1 aromatic carbocycles. The van der Waals surface area contributed by atoms with Gasteiger partial charge in [0.1, 0.15) is 34.5 Å². The van der Waals surface area contributed by atoms with Gasteiger partial charge in [-0.1, -0.05) is 13.0 Å². The van der Waals surface area contributed by atoms with E-state index in [4.69, 9.17) is 0 Å². The van der Waals surface area contributed by atoms with Crippen molar-refractivity contribution in [2.75, 3.05) is 5.32 Å². The number of Topliss-reactive ketones (excluding diaryl/α,β-unsaturated/α-hetero) is 1. The number of benzene rings is 1. The van der Waals surface area contributed by atoms with E-state index in [1.54, 1.807) is 9.58 Å². The molecule has 3 atom stereocenters. The highest BCUT2D eigenvalue weighted by atomic mass is 79.9. The number of carbonyl (C=O) groups excluding carboxylic acids is 3. The maximum Gasteiger partial charge on any atom is 0.248 e. The van der Waals surface area contributed by atoms with Crippen molar-refractivity contribution in [3.05, 3.63) is 63.4 Å². The molecule has 2 amide bonds. The first kappa shape index (κ1) is 27.8. The highest BCUT2D eigenvalue weighted by Gasteiger charge is 2.64. The van der Waals surface area contributed by atoms with E-state index in [1.807, 2.05) is 38.2 Å². The molecule has 2 fully saturated rings. The summed E-state index contributed by atoms with van der Waals surface area (Å²) in [5.41, 5.74) is 5.94. The van der Waals surface area contributed by atoms with Crippen LogP contribution in [-0.4, -0.2) is 59.3 Å². The number of piperidine rings is 1. The largest absolute Gasteiger partial charge is 0.325 e. The third-order valence-corrected chi connectivity index (χ3v) is 9.70. The summed E-state index contributed by atoms with van der Waals surface area (Å²) in [6, 6.07) is 7.16. The molecule has 11 heteroatoms. The Balaban J connectivity index is 1.23. The molecule has 4 heterocycles. The van der Waals surface area contributed by atoms with Gasteiger partial charge in [-0.15, -0.1) is 0 Å². The second kappa shape index (κ2) is 10.0. The van der Waals surface area contributed by atoms with E-state index in [2.05, 4.69) is 54.3 Å². The summed E-state index contributed by atoms with van der Waals surface area (Å²) >= 11 is 3.37. The fourth-order valence-electron chi connectivity index (χ4n) is 6.88. The van der Waals surface area contributed by atoms with Gasteiger partial charge in [0.2, 0.25) is 11.8 Å². The van der Waals surface area contributed by atoms with Crippen LogP contribution in [0.5, 0.6) is 0 Å². The summed E-state index contributed by atoms with van der Waals surface area (Å²) in [6.45, 7) is 7.33. The first-order valence-electron chi connectivity index (χ1n) is 14.6. The van der Waals surface area contributed by atoms with Gasteiger partial charge in [0.05, 0.1) is 11.2 Å².